The van der Waals surface area contributed by atoms with Crippen molar-refractivity contribution in [3.8, 4) is 12.1 Å². The Morgan fingerprint density at radius 2 is 1.00 bits per heavy atom. The number of carbonyl (C=O) groups is 2. The molecule has 0 radical (unpaired) electrons. The molecule has 3 aromatic heterocycles. The van der Waals surface area contributed by atoms with Crippen LogP contribution in [0.2, 0.25) is 0 Å². The second-order valence-electron chi connectivity index (χ2n) is 14.0. The number of nitrogens with zero attached hydrogens (tertiary/aromatic N) is 6. The molecule has 250 valence electrons. The molecule has 0 unspecified atom stereocenters. The van der Waals surface area contributed by atoms with Gasteiger partial charge in [0.1, 0.15) is 11.4 Å². The SMILES string of the molecule is [C-]#[N+]C(C#N)=C1C(=NC2=Cc3sc4c(sc5c6c(sc54)C=C(N=C4C(=O)c5ccccc5/C4=C(/C#N)[N+]#[C-])C6(C)C)c3C2(C)C)C(=O)c2ccccc21. The van der Waals surface area contributed by atoms with Crippen LogP contribution in [0.5, 0.6) is 0 Å². The number of allylic oxidation sites excluding steroid dienone is 6. The number of fused-ring (bicyclic) bond motifs is 9. The first-order valence-corrected chi connectivity index (χ1v) is 18.9. The molecule has 4 aliphatic carbocycles. The van der Waals surface area contributed by atoms with E-state index in [1.54, 1.807) is 82.5 Å². The summed E-state index contributed by atoms with van der Waals surface area (Å²) in [6.45, 7) is 23.6. The zero-order chi connectivity index (χ0) is 37.1. The highest BCUT2D eigenvalue weighted by atomic mass is 32.1. The lowest BCUT2D eigenvalue weighted by Crippen LogP contribution is -2.18. The minimum atomic E-state index is -0.575. The molecule has 11 heteroatoms. The summed E-state index contributed by atoms with van der Waals surface area (Å²) in [7, 11) is 0. The number of Topliss-reactive ketones (excluding diaryl/α,β-unsaturated/α-hetero) is 2. The summed E-state index contributed by atoms with van der Waals surface area (Å²) < 4.78 is 4.68. The third kappa shape index (κ3) is 4.22. The number of hydrogen-bond acceptors (Lipinski definition) is 9. The third-order valence-corrected chi connectivity index (χ3v) is 14.3. The lowest BCUT2D eigenvalue weighted by atomic mass is 9.85. The molecule has 0 saturated heterocycles. The van der Waals surface area contributed by atoms with E-state index in [2.05, 4.69) is 37.4 Å². The molecule has 53 heavy (non-hydrogen) atoms. The van der Waals surface area contributed by atoms with Crippen molar-refractivity contribution in [1.29, 1.82) is 10.5 Å². The van der Waals surface area contributed by atoms with Gasteiger partial charge >= 0.3 is 0 Å². The van der Waals surface area contributed by atoms with Gasteiger partial charge in [0.15, 0.2) is 0 Å². The van der Waals surface area contributed by atoms with Crippen LogP contribution < -0.4 is 0 Å². The molecule has 0 saturated carbocycles. The molecular weight excluding hydrogens is 717 g/mol. The Hall–Kier alpha value is -6.34. The fourth-order valence-corrected chi connectivity index (χ4v) is 12.8. The topological polar surface area (TPSA) is 115 Å². The van der Waals surface area contributed by atoms with Crippen molar-refractivity contribution in [3.63, 3.8) is 0 Å². The van der Waals surface area contributed by atoms with Crippen LogP contribution in [0.3, 0.4) is 0 Å². The van der Waals surface area contributed by atoms with E-state index in [1.807, 2.05) is 24.3 Å². The third-order valence-electron chi connectivity index (χ3n) is 10.4. The Morgan fingerprint density at radius 1 is 0.623 bits per heavy atom. The van der Waals surface area contributed by atoms with E-state index in [-0.39, 0.29) is 45.5 Å². The molecule has 5 aromatic rings. The van der Waals surface area contributed by atoms with Crippen molar-refractivity contribution < 1.29 is 9.59 Å². The van der Waals surface area contributed by atoms with Gasteiger partial charge in [0.25, 0.3) is 11.4 Å². The molecule has 0 fully saturated rings. The van der Waals surface area contributed by atoms with Gasteiger partial charge in [0.2, 0.25) is 11.6 Å². The second kappa shape index (κ2) is 11.1. The van der Waals surface area contributed by atoms with Gasteiger partial charge in [-0.2, -0.15) is 0 Å². The van der Waals surface area contributed by atoms with Crippen molar-refractivity contribution in [3.05, 3.63) is 137 Å². The largest absolute Gasteiger partial charge is 0.287 e. The Morgan fingerprint density at radius 3 is 1.36 bits per heavy atom. The van der Waals surface area contributed by atoms with E-state index in [9.17, 15) is 20.1 Å². The maximum Gasteiger partial charge on any atom is 0.271 e. The highest BCUT2D eigenvalue weighted by Crippen LogP contribution is 2.59. The van der Waals surface area contributed by atoms with Gasteiger partial charge in [0, 0.05) is 42.9 Å². The number of thiophene rings is 3. The predicted octanol–water partition coefficient (Wildman–Crippen LogP) is 10.4. The molecule has 0 N–H and O–H groups in total. The molecular formula is C42H22N6O2S3. The lowest BCUT2D eigenvalue weighted by Gasteiger charge is -2.22. The summed E-state index contributed by atoms with van der Waals surface area (Å²) >= 11 is 5.12. The summed E-state index contributed by atoms with van der Waals surface area (Å²) in [6, 6.07) is 18.0. The van der Waals surface area contributed by atoms with Gasteiger partial charge < -0.3 is 0 Å². The van der Waals surface area contributed by atoms with Crippen LogP contribution in [0.15, 0.2) is 81.3 Å². The molecule has 4 aliphatic rings. The maximum absolute atomic E-state index is 13.6. The van der Waals surface area contributed by atoms with Crippen LogP contribution in [0.25, 0.3) is 51.8 Å². The van der Waals surface area contributed by atoms with E-state index in [0.717, 1.165) is 30.3 Å². The number of ketones is 2. The Balaban J connectivity index is 1.14. The normalized spacial score (nSPS) is 20.8. The number of aliphatic imine (C=N–C) groups is 2. The van der Waals surface area contributed by atoms with E-state index in [0.29, 0.717) is 33.6 Å². The Labute approximate surface area is 315 Å². The first kappa shape index (κ1) is 32.6. The van der Waals surface area contributed by atoms with Gasteiger partial charge in [-0.25, -0.2) is 30.2 Å². The van der Waals surface area contributed by atoms with Crippen LogP contribution in [0.4, 0.5) is 0 Å². The molecule has 9 rings (SSSR count). The van der Waals surface area contributed by atoms with Crippen LogP contribution in [-0.4, -0.2) is 23.0 Å². The van der Waals surface area contributed by atoms with E-state index in [1.165, 1.54) is 9.40 Å². The average molecular weight is 739 g/mol. The van der Waals surface area contributed by atoms with Gasteiger partial charge in [-0.15, -0.1) is 34.0 Å². The van der Waals surface area contributed by atoms with Crippen molar-refractivity contribution in [2.75, 3.05) is 0 Å². The molecule has 0 spiro atoms. The molecule has 0 amide bonds. The maximum atomic E-state index is 13.6. The first-order chi connectivity index (χ1) is 25.5. The van der Waals surface area contributed by atoms with Crippen LogP contribution in [0, 0.1) is 35.8 Å². The summed E-state index contributed by atoms with van der Waals surface area (Å²) in [5, 5.41) is 19.6. The average Bonchev–Trinajstić information content (AvgIpc) is 3.97. The molecule has 8 nitrogen and oxygen atoms in total. The van der Waals surface area contributed by atoms with Gasteiger partial charge in [-0.3, -0.25) is 9.59 Å². The summed E-state index contributed by atoms with van der Waals surface area (Å²) in [4.78, 5) is 46.2. The predicted molar refractivity (Wildman–Crippen MR) is 212 cm³/mol. The van der Waals surface area contributed by atoms with E-state index in [4.69, 9.17) is 23.1 Å². The highest BCUT2D eigenvalue weighted by molar-refractivity contribution is 7.39. The summed E-state index contributed by atoms with van der Waals surface area (Å²) in [5.74, 6) is -0.594. The minimum Gasteiger partial charge on any atom is -0.287 e. The number of nitriles is 2. The van der Waals surface area contributed by atoms with Crippen molar-refractivity contribution >= 4 is 99.1 Å². The smallest absolute Gasteiger partial charge is 0.271 e. The van der Waals surface area contributed by atoms with Gasteiger partial charge in [-0.1, -0.05) is 76.2 Å². The summed E-state index contributed by atoms with van der Waals surface area (Å²) in [5.41, 5.74) is 4.98. The van der Waals surface area contributed by atoms with E-state index < -0.39 is 10.8 Å². The Kier molecular flexibility index (Phi) is 6.81. The second-order valence-corrected chi connectivity index (χ2v) is 17.1. The number of rotatable bonds is 2. The van der Waals surface area contributed by atoms with E-state index >= 15 is 0 Å². The Bertz CT molecular complexity index is 2790. The van der Waals surface area contributed by atoms with Crippen molar-refractivity contribution in [2.45, 2.75) is 38.5 Å². The molecule has 3 heterocycles. The lowest BCUT2D eigenvalue weighted by molar-refractivity contribution is 0.106. The zero-order valence-electron chi connectivity index (χ0n) is 28.5. The fraction of sp³-hybridized carbons (Fsp3) is 0.143. The minimum absolute atomic E-state index is 0.122. The standard InChI is InChI=1S/C42H22N6O2S3/c1-41(2)27(47-33-29(23(17-43)45-5)19-11-7-9-13-21(19)35(33)49)15-25-31(41)37-39(51-25)40-38(53-37)32-26(52-40)16-28(42(32,3)4)48-34-30(24(18-44)46-6)20-12-8-10-14-22(20)36(34)50/h7-16H,1-4H3/b29-23+,30-24?,47-33?,48-34?. The molecule has 2 aromatic carbocycles. The van der Waals surface area contributed by atoms with Crippen LogP contribution in [0.1, 0.15) is 80.4 Å². The number of benzene rings is 2. The van der Waals surface area contributed by atoms with Gasteiger partial charge in [0.05, 0.1) is 55.5 Å². The summed E-state index contributed by atoms with van der Waals surface area (Å²) in [6.07, 6.45) is 4.06. The number of hydrogen-bond donors (Lipinski definition) is 0. The monoisotopic (exact) mass is 738 g/mol. The van der Waals surface area contributed by atoms with Crippen molar-refractivity contribution in [2.24, 2.45) is 9.98 Å². The number of carbonyl (C=O) groups excluding carboxylic acids is 2. The molecule has 0 atom stereocenters. The molecule has 0 aliphatic heterocycles. The van der Waals surface area contributed by atoms with Crippen LogP contribution >= 0.6 is 34.0 Å². The fourth-order valence-electron chi connectivity index (χ4n) is 7.80. The van der Waals surface area contributed by atoms with Crippen LogP contribution in [-0.2, 0) is 10.8 Å². The zero-order valence-corrected chi connectivity index (χ0v) is 30.9. The van der Waals surface area contributed by atoms with Crippen molar-refractivity contribution in [1.82, 2.24) is 0 Å². The first-order valence-electron chi connectivity index (χ1n) is 16.4. The van der Waals surface area contributed by atoms with Gasteiger partial charge in [-0.05, 0) is 34.4 Å². The quantitative estimate of drug-likeness (QED) is 0.132. The highest BCUT2D eigenvalue weighted by Gasteiger charge is 2.44. The molecule has 0 bridgehead atoms.